The third-order valence-corrected chi connectivity index (χ3v) is 2.92. The summed E-state index contributed by atoms with van der Waals surface area (Å²) in [5.41, 5.74) is 6.76. The molecule has 2 rings (SSSR count). The van der Waals surface area contributed by atoms with Crippen molar-refractivity contribution in [1.82, 2.24) is 9.78 Å². The van der Waals surface area contributed by atoms with Gasteiger partial charge in [0.05, 0.1) is 5.69 Å². The molecule has 0 radical (unpaired) electrons. The normalized spacial score (nSPS) is 14.3. The van der Waals surface area contributed by atoms with Crippen molar-refractivity contribution in [3.8, 4) is 0 Å². The molecule has 1 aliphatic carbocycles. The summed E-state index contributed by atoms with van der Waals surface area (Å²) in [7, 11) is 1.76. The summed E-state index contributed by atoms with van der Waals surface area (Å²) in [4.78, 5) is 11.0. The summed E-state index contributed by atoms with van der Waals surface area (Å²) in [6, 6.07) is 1.83. The highest BCUT2D eigenvalue weighted by atomic mass is 16.4. The number of carbonyl (C=O) groups excluding carboxylic acids is 1. The van der Waals surface area contributed by atoms with Gasteiger partial charge in [-0.05, 0) is 18.9 Å². The first kappa shape index (κ1) is 16.6. The van der Waals surface area contributed by atoms with Gasteiger partial charge in [0.1, 0.15) is 5.69 Å². The molecule has 1 heterocycles. The summed E-state index contributed by atoms with van der Waals surface area (Å²) in [5.74, 6) is 2.39. The highest BCUT2D eigenvalue weighted by Crippen LogP contribution is 2.33. The molecule has 6 nitrogen and oxygen atoms in total. The van der Waals surface area contributed by atoms with E-state index in [2.05, 4.69) is 11.0 Å². The van der Waals surface area contributed by atoms with Crippen molar-refractivity contribution >= 4 is 5.91 Å². The molecule has 1 fully saturated rings. The Hall–Kier alpha value is -1.40. The van der Waals surface area contributed by atoms with Crippen LogP contribution >= 0.6 is 0 Å². The number of aryl methyl sites for hydroxylation is 1. The fourth-order valence-corrected chi connectivity index (χ4v) is 2.14. The van der Waals surface area contributed by atoms with Crippen LogP contribution in [0.5, 0.6) is 0 Å². The molecule has 1 saturated carbocycles. The molecule has 18 heavy (non-hydrogen) atoms. The first-order valence-electron chi connectivity index (χ1n) is 6.34. The number of nitrogens with zero attached hydrogens (tertiary/aromatic N) is 2. The van der Waals surface area contributed by atoms with Crippen molar-refractivity contribution in [2.24, 2.45) is 12.8 Å². The number of primary amides is 1. The fraction of sp³-hybridized carbons (Fsp3) is 0.667. The van der Waals surface area contributed by atoms with Gasteiger partial charge >= 0.3 is 0 Å². The minimum atomic E-state index is -0.399. The largest absolute Gasteiger partial charge is 0.364 e. The number of aromatic nitrogens is 2. The third-order valence-electron chi connectivity index (χ3n) is 2.92. The topological polar surface area (TPSA) is 109 Å². The number of carbonyl (C=O) groups is 1. The number of quaternary nitrogens is 1. The molecule has 6 heteroatoms. The van der Waals surface area contributed by atoms with Crippen LogP contribution in [0.4, 0.5) is 0 Å². The van der Waals surface area contributed by atoms with E-state index in [1.54, 1.807) is 11.7 Å². The van der Waals surface area contributed by atoms with E-state index in [1.807, 2.05) is 19.9 Å². The van der Waals surface area contributed by atoms with E-state index in [1.165, 1.54) is 25.7 Å². The van der Waals surface area contributed by atoms with E-state index >= 15 is 0 Å². The summed E-state index contributed by atoms with van der Waals surface area (Å²) in [5, 5.41) is 11.1. The van der Waals surface area contributed by atoms with Gasteiger partial charge in [-0.15, -0.1) is 0 Å². The van der Waals surface area contributed by atoms with Gasteiger partial charge in [-0.1, -0.05) is 26.7 Å². The van der Waals surface area contributed by atoms with E-state index in [9.17, 15) is 4.79 Å². The molecular weight excluding hydrogens is 232 g/mol. The minimum absolute atomic E-state index is 0.399. The number of hydrogen-bond acceptors (Lipinski definition) is 3. The maximum atomic E-state index is 11.0. The number of hydrogen-bond donors (Lipinski definition) is 3. The van der Waals surface area contributed by atoms with Gasteiger partial charge in [-0.2, -0.15) is 5.10 Å². The smallest absolute Gasteiger partial charge is 0.266 e. The SMILES string of the molecule is CC.Cn1nc(C2CCCC2)cc1C(N)=O.[NH3+]O. The van der Waals surface area contributed by atoms with Gasteiger partial charge in [-0.25, -0.2) is 11.1 Å². The van der Waals surface area contributed by atoms with Crippen LogP contribution in [0.25, 0.3) is 0 Å². The zero-order valence-corrected chi connectivity index (χ0v) is 11.5. The van der Waals surface area contributed by atoms with Crippen molar-refractivity contribution in [2.75, 3.05) is 0 Å². The van der Waals surface area contributed by atoms with Crippen LogP contribution in [0.1, 0.15) is 61.6 Å². The number of amides is 1. The summed E-state index contributed by atoms with van der Waals surface area (Å²) in [6.07, 6.45) is 4.92. The summed E-state index contributed by atoms with van der Waals surface area (Å²) in [6.45, 7) is 4.00. The quantitative estimate of drug-likeness (QED) is 0.682. The predicted molar refractivity (Wildman–Crippen MR) is 69.0 cm³/mol. The molecule has 0 atom stereocenters. The second-order valence-corrected chi connectivity index (χ2v) is 3.92. The Kier molecular flexibility index (Phi) is 7.98. The molecule has 1 aromatic rings. The number of rotatable bonds is 2. The molecule has 0 aliphatic heterocycles. The lowest BCUT2D eigenvalue weighted by molar-refractivity contribution is -0.670. The van der Waals surface area contributed by atoms with Gasteiger partial charge in [0, 0.05) is 13.0 Å². The van der Waals surface area contributed by atoms with Crippen LogP contribution in [-0.4, -0.2) is 20.9 Å². The molecule has 1 aliphatic rings. The standard InChI is InChI=1S/C10H15N3O.C2H6.H4NO/c1-13-9(10(11)14)6-8(12-13)7-4-2-3-5-7;2*1-2/h6-7H,2-5H2,1H3,(H2,11,14);1-2H3;2H,1H3/q;;+1. The maximum absolute atomic E-state index is 11.0. The van der Waals surface area contributed by atoms with Crippen molar-refractivity contribution in [3.63, 3.8) is 0 Å². The molecule has 0 spiro atoms. The fourth-order valence-electron chi connectivity index (χ4n) is 2.14. The molecule has 1 amide bonds. The molecular formula is C12H25N4O2+. The highest BCUT2D eigenvalue weighted by molar-refractivity contribution is 5.91. The average Bonchev–Trinajstić information content (AvgIpc) is 3.02. The zero-order valence-electron chi connectivity index (χ0n) is 11.5. The first-order chi connectivity index (χ1) is 8.68. The van der Waals surface area contributed by atoms with Crippen molar-refractivity contribution in [1.29, 1.82) is 0 Å². The van der Waals surface area contributed by atoms with Crippen LogP contribution in [-0.2, 0) is 7.05 Å². The molecule has 0 unspecified atom stereocenters. The zero-order chi connectivity index (χ0) is 14.1. The second kappa shape index (κ2) is 8.66. The Morgan fingerprint density at radius 2 is 1.94 bits per heavy atom. The Morgan fingerprint density at radius 1 is 1.44 bits per heavy atom. The summed E-state index contributed by atoms with van der Waals surface area (Å²) < 4.78 is 1.58. The first-order valence-corrected chi connectivity index (χ1v) is 6.34. The monoisotopic (exact) mass is 257 g/mol. The van der Waals surface area contributed by atoms with E-state index in [-0.39, 0.29) is 0 Å². The van der Waals surface area contributed by atoms with Crippen LogP contribution < -0.4 is 11.6 Å². The third kappa shape index (κ3) is 4.12. The molecule has 6 N–H and O–H groups in total. The van der Waals surface area contributed by atoms with Gasteiger partial charge < -0.3 is 5.73 Å². The van der Waals surface area contributed by atoms with Crippen LogP contribution in [0.2, 0.25) is 0 Å². The van der Waals surface area contributed by atoms with E-state index in [0.717, 1.165) is 5.69 Å². The predicted octanol–water partition coefficient (Wildman–Crippen LogP) is 0.820. The van der Waals surface area contributed by atoms with Crippen LogP contribution in [0.15, 0.2) is 6.07 Å². The highest BCUT2D eigenvalue weighted by Gasteiger charge is 2.21. The molecule has 0 aromatic carbocycles. The summed E-state index contributed by atoms with van der Waals surface area (Å²) >= 11 is 0. The van der Waals surface area contributed by atoms with Crippen molar-refractivity contribution in [3.05, 3.63) is 17.5 Å². The van der Waals surface area contributed by atoms with Crippen molar-refractivity contribution in [2.45, 2.75) is 45.4 Å². The lowest BCUT2D eigenvalue weighted by Crippen LogP contribution is -2.42. The second-order valence-electron chi connectivity index (χ2n) is 3.92. The Bertz CT molecular complexity index is 357. The molecule has 0 bridgehead atoms. The van der Waals surface area contributed by atoms with E-state index in [4.69, 9.17) is 10.9 Å². The van der Waals surface area contributed by atoms with E-state index < -0.39 is 5.91 Å². The van der Waals surface area contributed by atoms with Crippen LogP contribution in [0, 0.1) is 0 Å². The maximum Gasteiger partial charge on any atom is 0.266 e. The molecule has 104 valence electrons. The van der Waals surface area contributed by atoms with E-state index in [0.29, 0.717) is 11.6 Å². The van der Waals surface area contributed by atoms with Crippen molar-refractivity contribution < 1.29 is 15.9 Å². The molecule has 1 aromatic heterocycles. The Labute approximate surface area is 108 Å². The van der Waals surface area contributed by atoms with Crippen LogP contribution in [0.3, 0.4) is 0 Å². The van der Waals surface area contributed by atoms with Gasteiger partial charge in [0.15, 0.2) is 0 Å². The average molecular weight is 257 g/mol. The lowest BCUT2D eigenvalue weighted by atomic mass is 10.0. The number of nitrogens with two attached hydrogens (primary N) is 1. The Morgan fingerprint density at radius 3 is 2.33 bits per heavy atom. The lowest BCUT2D eigenvalue weighted by Gasteiger charge is -2.02. The molecule has 0 saturated heterocycles. The van der Waals surface area contributed by atoms with Gasteiger partial charge in [-0.3, -0.25) is 9.48 Å². The minimum Gasteiger partial charge on any atom is -0.364 e. The van der Waals surface area contributed by atoms with Gasteiger partial charge in [0.2, 0.25) is 0 Å². The van der Waals surface area contributed by atoms with Gasteiger partial charge in [0.25, 0.3) is 5.91 Å². The Balaban J connectivity index is 0.000000659.